The van der Waals surface area contributed by atoms with E-state index in [2.05, 4.69) is 10.3 Å². The Morgan fingerprint density at radius 2 is 2.47 bits per heavy atom. The highest BCUT2D eigenvalue weighted by atomic mass is 16.5. The van der Waals surface area contributed by atoms with Crippen LogP contribution in [0, 0.1) is 12.8 Å². The van der Waals surface area contributed by atoms with Crippen molar-refractivity contribution in [2.24, 2.45) is 5.92 Å². The average molecular weight is 212 g/mol. The predicted octanol–water partition coefficient (Wildman–Crippen LogP) is 2.58. The summed E-state index contributed by atoms with van der Waals surface area (Å²) in [5.74, 6) is 1.25. The first-order valence-corrected chi connectivity index (χ1v) is 4.97. The third kappa shape index (κ3) is 4.01. The van der Waals surface area contributed by atoms with E-state index in [9.17, 15) is 4.79 Å². The number of carbonyl (C=O) groups excluding carboxylic acids is 1. The SMILES string of the molecule is CCC(C)COC(=O)Nc1coc(C)n1. The van der Waals surface area contributed by atoms with Crippen molar-refractivity contribution in [2.45, 2.75) is 27.2 Å². The minimum Gasteiger partial charge on any atom is -0.449 e. The summed E-state index contributed by atoms with van der Waals surface area (Å²) < 4.78 is 9.91. The van der Waals surface area contributed by atoms with Crippen LogP contribution in [0.25, 0.3) is 0 Å². The van der Waals surface area contributed by atoms with Gasteiger partial charge in [-0.25, -0.2) is 4.79 Å². The van der Waals surface area contributed by atoms with Gasteiger partial charge in [0.2, 0.25) is 0 Å². The normalized spacial score (nSPS) is 12.2. The van der Waals surface area contributed by atoms with Crippen molar-refractivity contribution in [3.63, 3.8) is 0 Å². The number of hydrogen-bond donors (Lipinski definition) is 1. The average Bonchev–Trinajstić information content (AvgIpc) is 2.60. The highest BCUT2D eigenvalue weighted by Crippen LogP contribution is 2.07. The maximum Gasteiger partial charge on any atom is 0.412 e. The largest absolute Gasteiger partial charge is 0.449 e. The van der Waals surface area contributed by atoms with Crippen LogP contribution in [-0.2, 0) is 4.74 Å². The second kappa shape index (κ2) is 5.38. The molecule has 5 heteroatoms. The number of aryl methyl sites for hydroxylation is 1. The first-order chi connectivity index (χ1) is 7.11. The van der Waals surface area contributed by atoms with Crippen LogP contribution in [0.2, 0.25) is 0 Å². The molecule has 0 saturated carbocycles. The standard InChI is InChI=1S/C10H16N2O3/c1-4-7(2)5-15-10(13)12-9-6-14-8(3)11-9/h6-7H,4-5H2,1-3H3,(H,12,13). The van der Waals surface area contributed by atoms with Gasteiger partial charge in [0.15, 0.2) is 11.7 Å². The fourth-order valence-electron chi connectivity index (χ4n) is 0.897. The molecule has 1 N–H and O–H groups in total. The summed E-state index contributed by atoms with van der Waals surface area (Å²) in [6.07, 6.45) is 1.86. The molecule has 1 aromatic rings. The van der Waals surface area contributed by atoms with Gasteiger partial charge in [0.05, 0.1) is 6.61 Å². The number of nitrogens with one attached hydrogen (secondary N) is 1. The molecule has 15 heavy (non-hydrogen) atoms. The first-order valence-electron chi connectivity index (χ1n) is 4.97. The van der Waals surface area contributed by atoms with Gasteiger partial charge in [0.25, 0.3) is 0 Å². The Morgan fingerprint density at radius 1 is 1.73 bits per heavy atom. The Balaban J connectivity index is 2.30. The van der Waals surface area contributed by atoms with Crippen molar-refractivity contribution in [1.82, 2.24) is 4.98 Å². The van der Waals surface area contributed by atoms with Crippen molar-refractivity contribution < 1.29 is 13.9 Å². The molecule has 0 spiro atoms. The number of carbonyl (C=O) groups is 1. The van der Waals surface area contributed by atoms with E-state index >= 15 is 0 Å². The van der Waals surface area contributed by atoms with Crippen LogP contribution in [0.5, 0.6) is 0 Å². The Hall–Kier alpha value is -1.52. The molecule has 0 aromatic carbocycles. The molecule has 1 aromatic heterocycles. The lowest BCUT2D eigenvalue weighted by Crippen LogP contribution is -2.17. The van der Waals surface area contributed by atoms with Gasteiger partial charge in [-0.3, -0.25) is 5.32 Å². The second-order valence-corrected chi connectivity index (χ2v) is 3.49. The summed E-state index contributed by atoms with van der Waals surface area (Å²) in [5, 5.41) is 2.48. The van der Waals surface area contributed by atoms with Crippen molar-refractivity contribution in [2.75, 3.05) is 11.9 Å². The summed E-state index contributed by atoms with van der Waals surface area (Å²) in [6.45, 7) is 6.19. The molecular weight excluding hydrogens is 196 g/mol. The summed E-state index contributed by atoms with van der Waals surface area (Å²) in [6, 6.07) is 0. The predicted molar refractivity (Wildman–Crippen MR) is 55.7 cm³/mol. The molecule has 1 atom stereocenters. The fraction of sp³-hybridized carbons (Fsp3) is 0.600. The molecule has 5 nitrogen and oxygen atoms in total. The fourth-order valence-corrected chi connectivity index (χ4v) is 0.897. The Morgan fingerprint density at radius 3 is 3.00 bits per heavy atom. The zero-order valence-corrected chi connectivity index (χ0v) is 9.24. The van der Waals surface area contributed by atoms with Crippen LogP contribution in [0.4, 0.5) is 10.6 Å². The number of amides is 1. The second-order valence-electron chi connectivity index (χ2n) is 3.49. The number of ether oxygens (including phenoxy) is 1. The molecule has 84 valence electrons. The third-order valence-electron chi connectivity index (χ3n) is 2.05. The smallest absolute Gasteiger partial charge is 0.412 e. The van der Waals surface area contributed by atoms with Gasteiger partial charge in [-0.2, -0.15) is 4.98 Å². The van der Waals surface area contributed by atoms with Crippen LogP contribution in [0.1, 0.15) is 26.2 Å². The molecule has 0 bridgehead atoms. The summed E-state index contributed by atoms with van der Waals surface area (Å²) in [4.78, 5) is 15.1. The first kappa shape index (κ1) is 11.6. The van der Waals surface area contributed by atoms with E-state index in [1.807, 2.05) is 13.8 Å². The van der Waals surface area contributed by atoms with E-state index in [4.69, 9.17) is 9.15 Å². The molecule has 1 rings (SSSR count). The summed E-state index contributed by atoms with van der Waals surface area (Å²) >= 11 is 0. The summed E-state index contributed by atoms with van der Waals surface area (Å²) in [7, 11) is 0. The summed E-state index contributed by atoms with van der Waals surface area (Å²) in [5.41, 5.74) is 0. The zero-order valence-electron chi connectivity index (χ0n) is 9.24. The quantitative estimate of drug-likeness (QED) is 0.833. The Bertz CT molecular complexity index is 322. The van der Waals surface area contributed by atoms with Crippen LogP contribution in [0.3, 0.4) is 0 Å². The molecule has 1 heterocycles. The molecule has 0 aliphatic rings. The van der Waals surface area contributed by atoms with Gasteiger partial charge >= 0.3 is 6.09 Å². The van der Waals surface area contributed by atoms with Gasteiger partial charge in [-0.05, 0) is 5.92 Å². The van der Waals surface area contributed by atoms with E-state index in [1.165, 1.54) is 6.26 Å². The zero-order chi connectivity index (χ0) is 11.3. The van der Waals surface area contributed by atoms with E-state index in [0.29, 0.717) is 24.2 Å². The maximum atomic E-state index is 11.2. The molecule has 0 fully saturated rings. The molecule has 0 radical (unpaired) electrons. The van der Waals surface area contributed by atoms with Crippen molar-refractivity contribution in [3.05, 3.63) is 12.2 Å². The van der Waals surface area contributed by atoms with E-state index in [0.717, 1.165) is 6.42 Å². The Kier molecular flexibility index (Phi) is 4.15. The highest BCUT2D eigenvalue weighted by Gasteiger charge is 2.08. The van der Waals surface area contributed by atoms with Crippen LogP contribution in [0.15, 0.2) is 10.7 Å². The Labute approximate surface area is 88.8 Å². The number of hydrogen-bond acceptors (Lipinski definition) is 4. The van der Waals surface area contributed by atoms with Gasteiger partial charge < -0.3 is 9.15 Å². The number of rotatable bonds is 4. The minimum atomic E-state index is -0.497. The molecular formula is C10H16N2O3. The molecule has 1 amide bonds. The molecule has 0 saturated heterocycles. The number of oxazole rings is 1. The topological polar surface area (TPSA) is 64.4 Å². The highest BCUT2D eigenvalue weighted by molar-refractivity contribution is 5.82. The van der Waals surface area contributed by atoms with E-state index in [1.54, 1.807) is 6.92 Å². The maximum absolute atomic E-state index is 11.2. The van der Waals surface area contributed by atoms with Crippen LogP contribution >= 0.6 is 0 Å². The third-order valence-corrected chi connectivity index (χ3v) is 2.05. The van der Waals surface area contributed by atoms with Gasteiger partial charge in [0.1, 0.15) is 6.26 Å². The minimum absolute atomic E-state index is 0.370. The van der Waals surface area contributed by atoms with Crippen LogP contribution in [-0.4, -0.2) is 17.7 Å². The van der Waals surface area contributed by atoms with Crippen molar-refractivity contribution in [3.8, 4) is 0 Å². The molecule has 0 aliphatic heterocycles. The van der Waals surface area contributed by atoms with Gasteiger partial charge in [-0.15, -0.1) is 0 Å². The molecule has 0 aliphatic carbocycles. The lowest BCUT2D eigenvalue weighted by atomic mass is 10.1. The number of aromatic nitrogens is 1. The number of nitrogens with zero attached hydrogens (tertiary/aromatic N) is 1. The van der Waals surface area contributed by atoms with E-state index in [-0.39, 0.29) is 0 Å². The van der Waals surface area contributed by atoms with E-state index < -0.39 is 6.09 Å². The van der Waals surface area contributed by atoms with Crippen molar-refractivity contribution in [1.29, 1.82) is 0 Å². The lowest BCUT2D eigenvalue weighted by Gasteiger charge is -2.08. The monoisotopic (exact) mass is 212 g/mol. The van der Waals surface area contributed by atoms with Crippen LogP contribution < -0.4 is 5.32 Å². The van der Waals surface area contributed by atoms with Gasteiger partial charge in [-0.1, -0.05) is 20.3 Å². The number of anilines is 1. The van der Waals surface area contributed by atoms with Crippen molar-refractivity contribution >= 4 is 11.9 Å². The van der Waals surface area contributed by atoms with Gasteiger partial charge in [0, 0.05) is 6.92 Å². The molecule has 1 unspecified atom stereocenters. The lowest BCUT2D eigenvalue weighted by molar-refractivity contribution is 0.143.